The van der Waals surface area contributed by atoms with Gasteiger partial charge in [-0.1, -0.05) is 44.2 Å². The summed E-state index contributed by atoms with van der Waals surface area (Å²) < 4.78 is 72.4. The largest absolute Gasteiger partial charge is 0.449 e. The topological polar surface area (TPSA) is 108 Å². The minimum Gasteiger partial charge on any atom is -0.449 e. The number of nitrogens with one attached hydrogen (secondary N) is 2. The third-order valence-electron chi connectivity index (χ3n) is 6.69. The summed E-state index contributed by atoms with van der Waals surface area (Å²) in [5, 5.41) is 17.2. The third-order valence-corrected chi connectivity index (χ3v) is 8.54. The van der Waals surface area contributed by atoms with E-state index in [4.69, 9.17) is 4.74 Å². The van der Waals surface area contributed by atoms with E-state index in [-0.39, 0.29) is 42.8 Å². The van der Waals surface area contributed by atoms with Gasteiger partial charge in [0.25, 0.3) is 0 Å². The van der Waals surface area contributed by atoms with Gasteiger partial charge in [-0.3, -0.25) is 0 Å². The number of ether oxygens (including phenoxy) is 1. The number of piperidine rings is 1. The number of halogens is 3. The molecule has 1 fully saturated rings. The van der Waals surface area contributed by atoms with E-state index in [9.17, 15) is 31.5 Å². The molecule has 0 bridgehead atoms. The lowest BCUT2D eigenvalue weighted by Crippen LogP contribution is -2.51. The van der Waals surface area contributed by atoms with E-state index < -0.39 is 40.0 Å². The normalized spacial score (nSPS) is 17.9. The lowest BCUT2D eigenvalue weighted by Gasteiger charge is -2.31. The Morgan fingerprint density at radius 3 is 2.38 bits per heavy atom. The molecule has 2 aromatic carbocycles. The zero-order valence-corrected chi connectivity index (χ0v) is 23.5. The zero-order valence-electron chi connectivity index (χ0n) is 22.7. The summed E-state index contributed by atoms with van der Waals surface area (Å²) in [6.45, 7) is 5.10. The van der Waals surface area contributed by atoms with Gasteiger partial charge in [-0.25, -0.2) is 13.2 Å². The van der Waals surface area contributed by atoms with Crippen LogP contribution in [0.4, 0.5) is 18.0 Å². The van der Waals surface area contributed by atoms with Crippen molar-refractivity contribution in [1.29, 1.82) is 0 Å². The number of hydrogen-bond donors (Lipinski definition) is 3. The minimum absolute atomic E-state index is 0.0115. The van der Waals surface area contributed by atoms with Crippen LogP contribution in [0.15, 0.2) is 59.5 Å². The van der Waals surface area contributed by atoms with E-state index in [0.29, 0.717) is 12.1 Å². The van der Waals surface area contributed by atoms with Crippen LogP contribution in [0.1, 0.15) is 37.8 Å². The number of benzene rings is 2. The molecule has 1 saturated heterocycles. The molecule has 8 nitrogen and oxygen atoms in total. The van der Waals surface area contributed by atoms with Crippen molar-refractivity contribution in [2.75, 3.05) is 32.8 Å². The first kappa shape index (κ1) is 31.9. The molecule has 40 heavy (non-hydrogen) atoms. The lowest BCUT2D eigenvalue weighted by atomic mass is 10.0. The average molecular weight is 586 g/mol. The standard InChI is InChI=1S/C28H38F3N3O5S/c1-20(2)17-34(40(37,38)24-12-10-23(11-13-24)28(29,30)31)18-26(35)25(15-21-7-4-3-5-8-21)33-27(36)39-19-22-9-6-14-32-16-22/h3-5,7-8,10-13,20,22,25-26,32,35H,6,9,14-19H2,1-2H3,(H,33,36)/t22-,25+,26-/m1/s1. The third kappa shape index (κ3) is 9.46. The maximum atomic E-state index is 13.5. The fraction of sp³-hybridized carbons (Fsp3) is 0.536. The first-order valence-electron chi connectivity index (χ1n) is 13.4. The first-order chi connectivity index (χ1) is 18.9. The number of carbonyl (C=O) groups excluding carboxylic acids is 1. The van der Waals surface area contributed by atoms with Crippen molar-refractivity contribution < 1.29 is 36.2 Å². The van der Waals surface area contributed by atoms with Gasteiger partial charge in [-0.05, 0) is 61.6 Å². The van der Waals surface area contributed by atoms with Crippen molar-refractivity contribution in [3.8, 4) is 0 Å². The highest BCUT2D eigenvalue weighted by Crippen LogP contribution is 2.30. The van der Waals surface area contributed by atoms with Crippen LogP contribution in [-0.2, 0) is 27.4 Å². The maximum Gasteiger partial charge on any atom is 0.416 e. The maximum absolute atomic E-state index is 13.5. The van der Waals surface area contributed by atoms with Gasteiger partial charge in [0.15, 0.2) is 0 Å². The van der Waals surface area contributed by atoms with Crippen LogP contribution >= 0.6 is 0 Å². The quantitative estimate of drug-likeness (QED) is 0.347. The molecule has 0 saturated carbocycles. The number of hydrogen-bond acceptors (Lipinski definition) is 6. The van der Waals surface area contributed by atoms with Crippen molar-refractivity contribution in [3.05, 3.63) is 65.7 Å². The van der Waals surface area contributed by atoms with Crippen LogP contribution in [0, 0.1) is 11.8 Å². The van der Waals surface area contributed by atoms with E-state index >= 15 is 0 Å². The summed E-state index contributed by atoms with van der Waals surface area (Å²) in [5.41, 5.74) is -0.152. The highest BCUT2D eigenvalue weighted by atomic mass is 32.2. The van der Waals surface area contributed by atoms with Gasteiger partial charge in [0.1, 0.15) is 0 Å². The van der Waals surface area contributed by atoms with Gasteiger partial charge in [0, 0.05) is 25.6 Å². The van der Waals surface area contributed by atoms with Crippen LogP contribution in [-0.4, -0.2) is 68.9 Å². The number of alkyl halides is 3. The molecule has 0 aromatic heterocycles. The Bertz CT molecular complexity index is 1170. The number of sulfonamides is 1. The fourth-order valence-electron chi connectivity index (χ4n) is 4.58. The highest BCUT2D eigenvalue weighted by Gasteiger charge is 2.34. The minimum atomic E-state index is -4.60. The van der Waals surface area contributed by atoms with Crippen molar-refractivity contribution >= 4 is 16.1 Å². The number of aliphatic hydroxyl groups excluding tert-OH is 1. The second-order valence-electron chi connectivity index (χ2n) is 10.6. The Kier molecular flexibility index (Phi) is 11.4. The molecule has 3 N–H and O–H groups in total. The van der Waals surface area contributed by atoms with Crippen molar-refractivity contribution in [2.24, 2.45) is 11.8 Å². The number of rotatable bonds is 12. The van der Waals surface area contributed by atoms with Gasteiger partial charge in [-0.15, -0.1) is 0 Å². The van der Waals surface area contributed by atoms with Crippen LogP contribution in [0.5, 0.6) is 0 Å². The van der Waals surface area contributed by atoms with E-state index in [2.05, 4.69) is 10.6 Å². The highest BCUT2D eigenvalue weighted by molar-refractivity contribution is 7.89. The molecule has 1 aliphatic rings. The number of carbonyl (C=O) groups is 1. The van der Waals surface area contributed by atoms with Crippen molar-refractivity contribution in [2.45, 2.75) is 56.3 Å². The van der Waals surface area contributed by atoms with E-state index in [0.717, 1.165) is 47.9 Å². The smallest absolute Gasteiger partial charge is 0.416 e. The molecule has 222 valence electrons. The fourth-order valence-corrected chi connectivity index (χ4v) is 6.20. The summed E-state index contributed by atoms with van der Waals surface area (Å²) in [6, 6.07) is 11.5. The van der Waals surface area contributed by atoms with E-state index in [1.807, 2.05) is 30.3 Å². The SMILES string of the molecule is CC(C)CN(C[C@@H](O)[C@H](Cc1ccccc1)NC(=O)OC[C@@H]1CCCNC1)S(=O)(=O)c1ccc(C(F)(F)F)cc1. The van der Waals surface area contributed by atoms with Crippen LogP contribution in [0.2, 0.25) is 0 Å². The second kappa shape index (κ2) is 14.3. The molecular formula is C28H38F3N3O5S. The Hall–Kier alpha value is -2.67. The summed E-state index contributed by atoms with van der Waals surface area (Å²) in [5.74, 6) is 0.0402. The van der Waals surface area contributed by atoms with Gasteiger partial charge >= 0.3 is 12.3 Å². The lowest BCUT2D eigenvalue weighted by molar-refractivity contribution is -0.137. The van der Waals surface area contributed by atoms with Crippen LogP contribution in [0.25, 0.3) is 0 Å². The molecule has 0 aliphatic carbocycles. The van der Waals surface area contributed by atoms with E-state index in [1.54, 1.807) is 13.8 Å². The molecule has 12 heteroatoms. The summed E-state index contributed by atoms with van der Waals surface area (Å²) in [6.07, 6.45) is -4.53. The molecule has 3 atom stereocenters. The van der Waals surface area contributed by atoms with Crippen LogP contribution in [0.3, 0.4) is 0 Å². The predicted octanol–water partition coefficient (Wildman–Crippen LogP) is 4.05. The monoisotopic (exact) mass is 585 g/mol. The molecule has 1 amide bonds. The Labute approximate surface area is 234 Å². The summed E-state index contributed by atoms with van der Waals surface area (Å²) >= 11 is 0. The number of amides is 1. The number of nitrogens with zero attached hydrogens (tertiary/aromatic N) is 1. The summed E-state index contributed by atoms with van der Waals surface area (Å²) in [4.78, 5) is 12.4. The number of aliphatic hydroxyl groups is 1. The summed E-state index contributed by atoms with van der Waals surface area (Å²) in [7, 11) is -4.26. The van der Waals surface area contributed by atoms with Gasteiger partial charge < -0.3 is 20.5 Å². The average Bonchev–Trinajstić information content (AvgIpc) is 2.91. The van der Waals surface area contributed by atoms with Crippen molar-refractivity contribution in [1.82, 2.24) is 14.9 Å². The molecule has 0 unspecified atom stereocenters. The molecule has 1 aliphatic heterocycles. The van der Waals surface area contributed by atoms with Gasteiger partial charge in [-0.2, -0.15) is 17.5 Å². The molecular weight excluding hydrogens is 547 g/mol. The van der Waals surface area contributed by atoms with Gasteiger partial charge in [0.05, 0.1) is 29.2 Å². The molecule has 0 spiro atoms. The predicted molar refractivity (Wildman–Crippen MR) is 145 cm³/mol. The zero-order chi connectivity index (χ0) is 29.3. The molecule has 1 heterocycles. The Morgan fingerprint density at radius 2 is 1.80 bits per heavy atom. The van der Waals surface area contributed by atoms with Crippen molar-refractivity contribution in [3.63, 3.8) is 0 Å². The Morgan fingerprint density at radius 1 is 1.12 bits per heavy atom. The number of alkyl carbamates (subject to hydrolysis) is 1. The van der Waals surface area contributed by atoms with E-state index in [1.165, 1.54) is 0 Å². The van der Waals surface area contributed by atoms with Gasteiger partial charge in [0.2, 0.25) is 10.0 Å². The molecule has 2 aromatic rings. The Balaban J connectivity index is 1.78. The molecule has 3 rings (SSSR count). The first-order valence-corrected chi connectivity index (χ1v) is 14.8. The van der Waals surface area contributed by atoms with Crippen LogP contribution < -0.4 is 10.6 Å². The second-order valence-corrected chi connectivity index (χ2v) is 12.5. The molecule has 0 radical (unpaired) electrons.